The Kier molecular flexibility index (Phi) is 3.37. The highest BCUT2D eigenvalue weighted by Crippen LogP contribution is 2.30. The first-order valence-corrected chi connectivity index (χ1v) is 5.48. The smallest absolute Gasteiger partial charge is 0.170 e. The van der Waals surface area contributed by atoms with E-state index in [0.717, 1.165) is 13.0 Å². The molecule has 0 saturated carbocycles. The maximum atomic E-state index is 13.9. The van der Waals surface area contributed by atoms with Gasteiger partial charge in [0.05, 0.1) is 12.7 Å². The van der Waals surface area contributed by atoms with Crippen LogP contribution < -0.4 is 4.74 Å². The van der Waals surface area contributed by atoms with Crippen molar-refractivity contribution in [1.29, 1.82) is 0 Å². The number of ether oxygens (including phenoxy) is 1. The zero-order valence-corrected chi connectivity index (χ0v) is 9.85. The molecule has 0 unspecified atom stereocenters. The lowest BCUT2D eigenvalue weighted by atomic mass is 10.1. The molecule has 4 nitrogen and oxygen atoms in total. The first-order chi connectivity index (χ1) is 8.27. The Labute approximate surface area is 99.1 Å². The van der Waals surface area contributed by atoms with E-state index in [0.29, 0.717) is 17.1 Å². The summed E-state index contributed by atoms with van der Waals surface area (Å²) < 4.78 is 20.8. The highest BCUT2D eigenvalue weighted by atomic mass is 19.1. The van der Waals surface area contributed by atoms with Crippen LogP contribution >= 0.6 is 0 Å². The summed E-state index contributed by atoms with van der Waals surface area (Å²) in [5.41, 5.74) is 0.362. The number of nitrogens with zero attached hydrogens (tertiary/aromatic N) is 3. The zero-order valence-electron chi connectivity index (χ0n) is 9.85. The van der Waals surface area contributed by atoms with E-state index in [2.05, 4.69) is 10.2 Å². The summed E-state index contributed by atoms with van der Waals surface area (Å²) in [4.78, 5) is 0. The van der Waals surface area contributed by atoms with Gasteiger partial charge in [0, 0.05) is 6.54 Å². The minimum Gasteiger partial charge on any atom is -0.496 e. The van der Waals surface area contributed by atoms with E-state index in [4.69, 9.17) is 4.74 Å². The fourth-order valence-corrected chi connectivity index (χ4v) is 1.74. The predicted octanol–water partition coefficient (Wildman–Crippen LogP) is 2.50. The van der Waals surface area contributed by atoms with Gasteiger partial charge in [-0.05, 0) is 18.6 Å². The summed E-state index contributed by atoms with van der Waals surface area (Å²) in [6.07, 6.45) is 2.53. The maximum Gasteiger partial charge on any atom is 0.170 e. The lowest BCUT2D eigenvalue weighted by Gasteiger charge is -2.10. The summed E-state index contributed by atoms with van der Waals surface area (Å²) in [6.45, 7) is 2.79. The van der Waals surface area contributed by atoms with Gasteiger partial charge in [-0.15, -0.1) is 10.2 Å². The molecule has 90 valence electrons. The predicted molar refractivity (Wildman–Crippen MR) is 62.3 cm³/mol. The Balaban J connectivity index is 2.55. The molecular weight excluding hydrogens is 221 g/mol. The van der Waals surface area contributed by atoms with Crippen molar-refractivity contribution >= 4 is 0 Å². The summed E-state index contributed by atoms with van der Waals surface area (Å²) in [5.74, 6) is 0.617. The van der Waals surface area contributed by atoms with Crippen molar-refractivity contribution in [3.8, 4) is 17.1 Å². The fraction of sp³-hybridized carbons (Fsp3) is 0.333. The van der Waals surface area contributed by atoms with Gasteiger partial charge in [0.2, 0.25) is 0 Å². The fourth-order valence-electron chi connectivity index (χ4n) is 1.74. The summed E-state index contributed by atoms with van der Waals surface area (Å²) in [6, 6.07) is 4.71. The van der Waals surface area contributed by atoms with Crippen molar-refractivity contribution in [2.75, 3.05) is 7.11 Å². The molecule has 1 heterocycles. The number of rotatable bonds is 4. The van der Waals surface area contributed by atoms with Crippen LogP contribution in [-0.2, 0) is 6.54 Å². The van der Waals surface area contributed by atoms with Crippen molar-refractivity contribution in [1.82, 2.24) is 14.8 Å². The lowest BCUT2D eigenvalue weighted by Crippen LogP contribution is -2.01. The average molecular weight is 235 g/mol. The molecule has 5 heteroatoms. The summed E-state index contributed by atoms with van der Waals surface area (Å²) >= 11 is 0. The molecule has 0 radical (unpaired) electrons. The molecule has 0 N–H and O–H groups in total. The minimum atomic E-state index is -0.352. The van der Waals surface area contributed by atoms with E-state index >= 15 is 0 Å². The first-order valence-electron chi connectivity index (χ1n) is 5.48. The third kappa shape index (κ3) is 2.13. The average Bonchev–Trinajstić information content (AvgIpc) is 2.77. The number of hydrogen-bond donors (Lipinski definition) is 0. The van der Waals surface area contributed by atoms with Crippen LogP contribution in [0.5, 0.6) is 5.75 Å². The van der Waals surface area contributed by atoms with E-state index in [9.17, 15) is 4.39 Å². The quantitative estimate of drug-likeness (QED) is 0.817. The van der Waals surface area contributed by atoms with Crippen LogP contribution in [0.3, 0.4) is 0 Å². The Morgan fingerprint density at radius 3 is 2.94 bits per heavy atom. The molecule has 0 fully saturated rings. The second kappa shape index (κ2) is 4.95. The molecule has 0 aliphatic heterocycles. The summed E-state index contributed by atoms with van der Waals surface area (Å²) in [7, 11) is 1.51. The summed E-state index contributed by atoms with van der Waals surface area (Å²) in [5, 5.41) is 7.79. The molecule has 0 aliphatic rings. The number of aryl methyl sites for hydroxylation is 1. The van der Waals surface area contributed by atoms with E-state index < -0.39 is 0 Å². The minimum absolute atomic E-state index is 0.352. The van der Waals surface area contributed by atoms with Crippen molar-refractivity contribution in [3.63, 3.8) is 0 Å². The third-order valence-corrected chi connectivity index (χ3v) is 2.50. The molecule has 2 aromatic rings. The third-order valence-electron chi connectivity index (χ3n) is 2.50. The van der Waals surface area contributed by atoms with Crippen LogP contribution in [0.4, 0.5) is 4.39 Å². The number of benzene rings is 1. The molecular formula is C12H14FN3O. The van der Waals surface area contributed by atoms with Gasteiger partial charge in [-0.3, -0.25) is 0 Å². The van der Waals surface area contributed by atoms with Gasteiger partial charge in [0.15, 0.2) is 5.82 Å². The second-order valence-electron chi connectivity index (χ2n) is 3.67. The first kappa shape index (κ1) is 11.6. The molecule has 0 spiro atoms. The van der Waals surface area contributed by atoms with Crippen molar-refractivity contribution in [2.24, 2.45) is 0 Å². The largest absolute Gasteiger partial charge is 0.496 e. The molecule has 1 aromatic heterocycles. The Morgan fingerprint density at radius 2 is 2.24 bits per heavy atom. The highest BCUT2D eigenvalue weighted by Gasteiger charge is 2.16. The van der Waals surface area contributed by atoms with Crippen molar-refractivity contribution in [2.45, 2.75) is 19.9 Å². The van der Waals surface area contributed by atoms with Crippen LogP contribution in [0.15, 0.2) is 24.5 Å². The molecule has 0 bridgehead atoms. The topological polar surface area (TPSA) is 39.9 Å². The molecule has 0 atom stereocenters. The van der Waals surface area contributed by atoms with E-state index in [-0.39, 0.29) is 5.82 Å². The lowest BCUT2D eigenvalue weighted by molar-refractivity contribution is 0.412. The monoisotopic (exact) mass is 235 g/mol. The molecule has 17 heavy (non-hydrogen) atoms. The SMILES string of the molecule is CCCn1cnnc1-c1c(F)cccc1OC. The van der Waals surface area contributed by atoms with Crippen LogP contribution in [0.1, 0.15) is 13.3 Å². The van der Waals surface area contributed by atoms with Crippen molar-refractivity contribution in [3.05, 3.63) is 30.3 Å². The van der Waals surface area contributed by atoms with Gasteiger partial charge in [0.1, 0.15) is 17.9 Å². The van der Waals surface area contributed by atoms with Gasteiger partial charge >= 0.3 is 0 Å². The second-order valence-corrected chi connectivity index (χ2v) is 3.67. The van der Waals surface area contributed by atoms with Crippen molar-refractivity contribution < 1.29 is 9.13 Å². The zero-order chi connectivity index (χ0) is 12.3. The van der Waals surface area contributed by atoms with E-state index in [1.165, 1.54) is 13.2 Å². The number of halogens is 1. The van der Waals surface area contributed by atoms with E-state index in [1.807, 2.05) is 11.5 Å². The van der Waals surface area contributed by atoms with Gasteiger partial charge < -0.3 is 9.30 Å². The maximum absolute atomic E-state index is 13.9. The van der Waals surface area contributed by atoms with Crippen LogP contribution in [-0.4, -0.2) is 21.9 Å². The standard InChI is InChI=1S/C12H14FN3O/c1-3-7-16-8-14-15-12(16)11-9(13)5-4-6-10(11)17-2/h4-6,8H,3,7H2,1-2H3. The Hall–Kier alpha value is -1.91. The van der Waals surface area contributed by atoms with Crippen LogP contribution in [0, 0.1) is 5.82 Å². The van der Waals surface area contributed by atoms with Gasteiger partial charge in [0.25, 0.3) is 0 Å². The van der Waals surface area contributed by atoms with Gasteiger partial charge in [-0.1, -0.05) is 13.0 Å². The molecule has 0 saturated heterocycles. The van der Waals surface area contributed by atoms with Gasteiger partial charge in [-0.25, -0.2) is 4.39 Å². The highest BCUT2D eigenvalue weighted by molar-refractivity contribution is 5.64. The molecule has 1 aromatic carbocycles. The molecule has 2 rings (SSSR count). The number of methoxy groups -OCH3 is 1. The Morgan fingerprint density at radius 1 is 1.41 bits per heavy atom. The number of hydrogen-bond acceptors (Lipinski definition) is 3. The number of aromatic nitrogens is 3. The van der Waals surface area contributed by atoms with E-state index in [1.54, 1.807) is 18.5 Å². The van der Waals surface area contributed by atoms with Gasteiger partial charge in [-0.2, -0.15) is 0 Å². The normalized spacial score (nSPS) is 10.5. The van der Waals surface area contributed by atoms with Crippen LogP contribution in [0.25, 0.3) is 11.4 Å². The molecule has 0 amide bonds. The molecule has 0 aliphatic carbocycles. The van der Waals surface area contributed by atoms with Crippen LogP contribution in [0.2, 0.25) is 0 Å². The Bertz CT molecular complexity index is 510.